The lowest BCUT2D eigenvalue weighted by atomic mass is 9.61. The number of rotatable bonds is 2. The molecule has 2 aliphatic carbocycles. The van der Waals surface area contributed by atoms with Crippen LogP contribution in [0.5, 0.6) is 0 Å². The highest BCUT2D eigenvalue weighted by molar-refractivity contribution is 6.11. The van der Waals surface area contributed by atoms with Crippen LogP contribution in [0, 0.1) is 22.7 Å². The summed E-state index contributed by atoms with van der Waals surface area (Å²) in [6.07, 6.45) is 4.62. The van der Waals surface area contributed by atoms with Crippen molar-refractivity contribution in [3.8, 4) is 0 Å². The average Bonchev–Trinajstić information content (AvgIpc) is 3.00. The van der Waals surface area contributed by atoms with E-state index in [1.807, 2.05) is 6.92 Å². The van der Waals surface area contributed by atoms with E-state index in [0.717, 1.165) is 0 Å². The van der Waals surface area contributed by atoms with Crippen LogP contribution in [0.2, 0.25) is 0 Å². The number of hydrogen-bond acceptors (Lipinski definition) is 5. The zero-order chi connectivity index (χ0) is 18.6. The molecule has 0 aromatic heterocycles. The van der Waals surface area contributed by atoms with Gasteiger partial charge in [0, 0.05) is 11.5 Å². The molecule has 0 aromatic carbocycles. The predicted octanol–water partition coefficient (Wildman–Crippen LogP) is 3.34. The molecule has 3 rings (SSSR count). The Hall–Kier alpha value is -1.91. The van der Waals surface area contributed by atoms with E-state index in [9.17, 15) is 14.4 Å². The quantitative estimate of drug-likeness (QED) is 0.436. The van der Waals surface area contributed by atoms with Crippen molar-refractivity contribution >= 4 is 17.7 Å². The Morgan fingerprint density at radius 1 is 1.36 bits per heavy atom. The third kappa shape index (κ3) is 2.31. The number of ether oxygens (including phenoxy) is 2. The molecule has 0 amide bonds. The van der Waals surface area contributed by atoms with Crippen molar-refractivity contribution < 1.29 is 23.9 Å². The van der Waals surface area contributed by atoms with Gasteiger partial charge in [0.2, 0.25) is 0 Å². The van der Waals surface area contributed by atoms with Crippen molar-refractivity contribution in [1.82, 2.24) is 0 Å². The first-order chi connectivity index (χ1) is 11.7. The van der Waals surface area contributed by atoms with Crippen molar-refractivity contribution in [1.29, 1.82) is 0 Å². The number of allylic oxidation sites excluding steroid dienone is 1. The number of hydrogen-bond donors (Lipinski definition) is 0. The summed E-state index contributed by atoms with van der Waals surface area (Å²) in [7, 11) is 0. The summed E-state index contributed by atoms with van der Waals surface area (Å²) in [6, 6.07) is 0. The summed E-state index contributed by atoms with van der Waals surface area (Å²) in [5.74, 6) is -0.987. The molecule has 0 saturated heterocycles. The number of carbonyl (C=O) groups excluding carboxylic acids is 3. The van der Waals surface area contributed by atoms with Gasteiger partial charge in [-0.05, 0) is 56.9 Å². The minimum Gasteiger partial charge on any atom is -0.459 e. The summed E-state index contributed by atoms with van der Waals surface area (Å²) in [6.45, 7) is 9.41. The van der Waals surface area contributed by atoms with E-state index >= 15 is 0 Å². The molecule has 0 N–H and O–H groups in total. The number of esters is 2. The molecule has 1 spiro atoms. The third-order valence-corrected chi connectivity index (χ3v) is 6.89. The Morgan fingerprint density at radius 2 is 2.04 bits per heavy atom. The summed E-state index contributed by atoms with van der Waals surface area (Å²) in [5.41, 5.74) is -0.241. The molecule has 3 aliphatic rings. The highest BCUT2D eigenvalue weighted by Gasteiger charge is 2.68. The van der Waals surface area contributed by atoms with Crippen LogP contribution in [-0.4, -0.2) is 23.8 Å². The van der Waals surface area contributed by atoms with Gasteiger partial charge in [0.25, 0.3) is 0 Å². The van der Waals surface area contributed by atoms with Crippen LogP contribution >= 0.6 is 0 Å². The maximum Gasteiger partial charge on any atom is 0.333 e. The van der Waals surface area contributed by atoms with E-state index in [2.05, 4.69) is 6.92 Å². The lowest BCUT2D eigenvalue weighted by molar-refractivity contribution is -0.155. The van der Waals surface area contributed by atoms with Crippen molar-refractivity contribution in [3.63, 3.8) is 0 Å². The SMILES string of the molecule is CC=C(C)C(=O)OC1CCC2C(=O)C3(CC2(C)C1C)C(=O)OC=C3C. The molecule has 5 nitrogen and oxygen atoms in total. The molecule has 25 heavy (non-hydrogen) atoms. The fraction of sp³-hybridized carbons (Fsp3) is 0.650. The van der Waals surface area contributed by atoms with Crippen LogP contribution in [-0.2, 0) is 23.9 Å². The lowest BCUT2D eigenvalue weighted by Gasteiger charge is -2.45. The molecule has 2 saturated carbocycles. The van der Waals surface area contributed by atoms with Crippen molar-refractivity contribution in [3.05, 3.63) is 23.5 Å². The molecular formula is C20H26O5. The molecule has 5 atom stereocenters. The summed E-state index contributed by atoms with van der Waals surface area (Å²) < 4.78 is 10.8. The van der Waals surface area contributed by atoms with E-state index in [1.165, 1.54) is 6.26 Å². The smallest absolute Gasteiger partial charge is 0.333 e. The number of fused-ring (bicyclic) bond motifs is 1. The third-order valence-electron chi connectivity index (χ3n) is 6.89. The van der Waals surface area contributed by atoms with Gasteiger partial charge in [-0.1, -0.05) is 19.9 Å². The van der Waals surface area contributed by atoms with Gasteiger partial charge in [0.1, 0.15) is 6.10 Å². The maximum atomic E-state index is 13.2. The van der Waals surface area contributed by atoms with Gasteiger partial charge < -0.3 is 9.47 Å². The highest BCUT2D eigenvalue weighted by Crippen LogP contribution is 2.63. The predicted molar refractivity (Wildman–Crippen MR) is 91.2 cm³/mol. The molecular weight excluding hydrogens is 320 g/mol. The first-order valence-electron chi connectivity index (χ1n) is 8.95. The minimum atomic E-state index is -1.13. The number of Topliss-reactive ketones (excluding diaryl/α,β-unsaturated/α-hetero) is 1. The normalized spacial score (nSPS) is 40.8. The first-order valence-corrected chi connectivity index (χ1v) is 8.95. The Balaban J connectivity index is 1.89. The van der Waals surface area contributed by atoms with Crippen LogP contribution < -0.4 is 0 Å². The van der Waals surface area contributed by atoms with Crippen LogP contribution in [0.1, 0.15) is 53.9 Å². The van der Waals surface area contributed by atoms with Gasteiger partial charge in [-0.3, -0.25) is 9.59 Å². The van der Waals surface area contributed by atoms with Gasteiger partial charge in [-0.15, -0.1) is 0 Å². The largest absolute Gasteiger partial charge is 0.459 e. The Morgan fingerprint density at radius 3 is 2.60 bits per heavy atom. The molecule has 2 fully saturated rings. The second kappa shape index (κ2) is 5.82. The molecule has 0 bridgehead atoms. The van der Waals surface area contributed by atoms with E-state index in [1.54, 1.807) is 26.8 Å². The van der Waals surface area contributed by atoms with Gasteiger partial charge in [0.05, 0.1) is 6.26 Å². The number of cyclic esters (lactones) is 1. The topological polar surface area (TPSA) is 69.7 Å². The molecule has 0 radical (unpaired) electrons. The first kappa shape index (κ1) is 17.9. The number of ketones is 1. The van der Waals surface area contributed by atoms with E-state index in [0.29, 0.717) is 30.4 Å². The van der Waals surface area contributed by atoms with Gasteiger partial charge >= 0.3 is 11.9 Å². The average molecular weight is 346 g/mol. The Kier molecular flexibility index (Phi) is 4.17. The molecule has 5 heteroatoms. The zero-order valence-corrected chi connectivity index (χ0v) is 15.5. The van der Waals surface area contributed by atoms with Crippen LogP contribution in [0.3, 0.4) is 0 Å². The zero-order valence-electron chi connectivity index (χ0n) is 15.5. The lowest BCUT2D eigenvalue weighted by Crippen LogP contribution is -2.45. The standard InChI is InChI=1S/C20H26O5/c1-6-11(2)17(22)25-15-8-7-14-16(21)20(10-19(14,5)13(15)4)12(3)9-24-18(20)23/h6,9,13-15H,7-8,10H2,1-5H3. The van der Waals surface area contributed by atoms with E-state index in [-0.39, 0.29) is 35.1 Å². The van der Waals surface area contributed by atoms with Crippen LogP contribution in [0.4, 0.5) is 0 Å². The van der Waals surface area contributed by atoms with E-state index < -0.39 is 11.4 Å². The van der Waals surface area contributed by atoms with Gasteiger partial charge in [-0.25, -0.2) is 4.79 Å². The Labute approximate surface area is 148 Å². The summed E-state index contributed by atoms with van der Waals surface area (Å²) >= 11 is 0. The Bertz CT molecular complexity index is 703. The molecule has 136 valence electrons. The fourth-order valence-electron chi connectivity index (χ4n) is 4.84. The second-order valence-electron chi connectivity index (χ2n) is 7.99. The van der Waals surface area contributed by atoms with Gasteiger partial charge in [0.15, 0.2) is 11.2 Å². The summed E-state index contributed by atoms with van der Waals surface area (Å²) in [4.78, 5) is 37.7. The molecule has 0 aromatic rings. The minimum absolute atomic E-state index is 0.00983. The van der Waals surface area contributed by atoms with Crippen molar-refractivity contribution in [2.75, 3.05) is 0 Å². The van der Waals surface area contributed by atoms with Crippen LogP contribution in [0.15, 0.2) is 23.5 Å². The van der Waals surface area contributed by atoms with Crippen molar-refractivity contribution in [2.24, 2.45) is 22.7 Å². The maximum absolute atomic E-state index is 13.2. The van der Waals surface area contributed by atoms with E-state index in [4.69, 9.17) is 9.47 Å². The fourth-order valence-corrected chi connectivity index (χ4v) is 4.84. The second-order valence-corrected chi connectivity index (χ2v) is 7.99. The molecule has 5 unspecified atom stereocenters. The van der Waals surface area contributed by atoms with Gasteiger partial charge in [-0.2, -0.15) is 0 Å². The highest BCUT2D eigenvalue weighted by atomic mass is 16.5. The van der Waals surface area contributed by atoms with Crippen LogP contribution in [0.25, 0.3) is 0 Å². The summed E-state index contributed by atoms with van der Waals surface area (Å²) in [5, 5.41) is 0. The molecule has 1 aliphatic heterocycles. The monoisotopic (exact) mass is 346 g/mol. The van der Waals surface area contributed by atoms with Crippen molar-refractivity contribution in [2.45, 2.75) is 60.0 Å². The number of carbonyl (C=O) groups is 3. The molecule has 1 heterocycles.